The van der Waals surface area contributed by atoms with E-state index in [-0.39, 0.29) is 0 Å². The highest BCUT2D eigenvalue weighted by atomic mass is 35.5. The molecule has 0 atom stereocenters. The molecule has 2 nitrogen and oxygen atoms in total. The molecule has 0 spiro atoms. The molecule has 0 saturated heterocycles. The zero-order valence-electron chi connectivity index (χ0n) is 9.88. The lowest BCUT2D eigenvalue weighted by Gasteiger charge is -2.28. The normalized spacial score (nSPS) is 19.1. The molecule has 0 aromatic heterocycles. The number of nitriles is 1. The summed E-state index contributed by atoms with van der Waals surface area (Å²) >= 11 is 6.13. The predicted molar refractivity (Wildman–Crippen MR) is 71.1 cm³/mol. The standard InChI is InChI=1S/C14H17ClN2/c15-12-7-3-4-8-13(12)17-14(11-16)9-5-1-2-6-10-14/h3-4,7-8,17H,1-2,5-6,9-10H2. The molecule has 1 N–H and O–H groups in total. The zero-order chi connectivity index (χ0) is 12.1. The molecule has 1 aromatic carbocycles. The number of benzene rings is 1. The second-order valence-corrected chi connectivity index (χ2v) is 5.12. The third-order valence-electron chi connectivity index (χ3n) is 3.42. The van der Waals surface area contributed by atoms with E-state index in [4.69, 9.17) is 11.6 Å². The molecule has 3 heteroatoms. The fourth-order valence-corrected chi connectivity index (χ4v) is 2.60. The maximum Gasteiger partial charge on any atom is 0.125 e. The van der Waals surface area contributed by atoms with E-state index in [0.717, 1.165) is 31.4 Å². The van der Waals surface area contributed by atoms with Gasteiger partial charge in [0.1, 0.15) is 5.54 Å². The van der Waals surface area contributed by atoms with Gasteiger partial charge in [0.25, 0.3) is 0 Å². The minimum Gasteiger partial charge on any atom is -0.366 e. The average molecular weight is 249 g/mol. The van der Waals surface area contributed by atoms with Gasteiger partial charge < -0.3 is 5.32 Å². The van der Waals surface area contributed by atoms with Crippen molar-refractivity contribution in [2.24, 2.45) is 0 Å². The molecule has 0 unspecified atom stereocenters. The molecule has 1 fully saturated rings. The van der Waals surface area contributed by atoms with Gasteiger partial charge >= 0.3 is 0 Å². The molecule has 1 saturated carbocycles. The SMILES string of the molecule is N#CC1(Nc2ccccc2Cl)CCCCCC1. The summed E-state index contributed by atoms with van der Waals surface area (Å²) < 4.78 is 0. The van der Waals surface area contributed by atoms with Gasteiger partial charge in [0, 0.05) is 0 Å². The molecule has 90 valence electrons. The smallest absolute Gasteiger partial charge is 0.125 e. The molecular formula is C14H17ClN2. The van der Waals surface area contributed by atoms with E-state index in [9.17, 15) is 5.26 Å². The van der Waals surface area contributed by atoms with Crippen molar-refractivity contribution < 1.29 is 0 Å². The van der Waals surface area contributed by atoms with E-state index >= 15 is 0 Å². The third-order valence-corrected chi connectivity index (χ3v) is 3.75. The van der Waals surface area contributed by atoms with Gasteiger partial charge in [0.2, 0.25) is 0 Å². The number of para-hydroxylation sites is 1. The summed E-state index contributed by atoms with van der Waals surface area (Å²) in [5, 5.41) is 13.5. The van der Waals surface area contributed by atoms with E-state index in [1.807, 2.05) is 24.3 Å². The van der Waals surface area contributed by atoms with Gasteiger partial charge in [-0.15, -0.1) is 0 Å². The van der Waals surface area contributed by atoms with Crippen LogP contribution in [0, 0.1) is 11.3 Å². The molecule has 0 bridgehead atoms. The first-order valence-electron chi connectivity index (χ1n) is 6.20. The number of nitrogens with one attached hydrogen (secondary N) is 1. The Balaban J connectivity index is 2.19. The van der Waals surface area contributed by atoms with Crippen LogP contribution in [0.1, 0.15) is 38.5 Å². The number of rotatable bonds is 2. The molecule has 0 aliphatic heterocycles. The van der Waals surface area contributed by atoms with Crippen molar-refractivity contribution in [2.45, 2.75) is 44.1 Å². The summed E-state index contributed by atoms with van der Waals surface area (Å²) in [6, 6.07) is 10.1. The van der Waals surface area contributed by atoms with Crippen LogP contribution in [-0.4, -0.2) is 5.54 Å². The zero-order valence-corrected chi connectivity index (χ0v) is 10.6. The van der Waals surface area contributed by atoms with Crippen LogP contribution < -0.4 is 5.32 Å². The van der Waals surface area contributed by atoms with Crippen molar-refractivity contribution in [3.05, 3.63) is 29.3 Å². The van der Waals surface area contributed by atoms with Gasteiger partial charge in [0.05, 0.1) is 16.8 Å². The fraction of sp³-hybridized carbons (Fsp3) is 0.500. The molecule has 1 aromatic rings. The Morgan fingerprint density at radius 1 is 1.12 bits per heavy atom. The molecule has 1 aliphatic rings. The van der Waals surface area contributed by atoms with Gasteiger partial charge in [-0.1, -0.05) is 49.4 Å². The second-order valence-electron chi connectivity index (χ2n) is 4.71. The van der Waals surface area contributed by atoms with Crippen molar-refractivity contribution in [1.29, 1.82) is 5.26 Å². The highest BCUT2D eigenvalue weighted by molar-refractivity contribution is 6.33. The second kappa shape index (κ2) is 5.42. The van der Waals surface area contributed by atoms with E-state index < -0.39 is 5.54 Å². The first-order chi connectivity index (χ1) is 8.26. The van der Waals surface area contributed by atoms with Crippen LogP contribution in [0.15, 0.2) is 24.3 Å². The molecular weight excluding hydrogens is 232 g/mol. The highest BCUT2D eigenvalue weighted by Gasteiger charge is 2.31. The Hall–Kier alpha value is -1.20. The van der Waals surface area contributed by atoms with Crippen molar-refractivity contribution in [2.75, 3.05) is 5.32 Å². The Kier molecular flexibility index (Phi) is 3.91. The van der Waals surface area contributed by atoms with E-state index in [1.165, 1.54) is 12.8 Å². The van der Waals surface area contributed by atoms with E-state index in [0.29, 0.717) is 5.02 Å². The first-order valence-corrected chi connectivity index (χ1v) is 6.58. The van der Waals surface area contributed by atoms with Gasteiger partial charge in [-0.05, 0) is 25.0 Å². The van der Waals surface area contributed by atoms with Gasteiger partial charge in [-0.25, -0.2) is 0 Å². The molecule has 17 heavy (non-hydrogen) atoms. The lowest BCUT2D eigenvalue weighted by molar-refractivity contribution is 0.510. The largest absolute Gasteiger partial charge is 0.366 e. The number of hydrogen-bond acceptors (Lipinski definition) is 2. The quantitative estimate of drug-likeness (QED) is 0.789. The molecule has 1 aliphatic carbocycles. The van der Waals surface area contributed by atoms with E-state index in [1.54, 1.807) is 0 Å². The molecule has 0 radical (unpaired) electrons. The lowest BCUT2D eigenvalue weighted by atomic mass is 9.91. The predicted octanol–water partition coefficient (Wildman–Crippen LogP) is 4.37. The van der Waals surface area contributed by atoms with Crippen LogP contribution >= 0.6 is 11.6 Å². The Morgan fingerprint density at radius 3 is 2.35 bits per heavy atom. The van der Waals surface area contributed by atoms with Gasteiger partial charge in [0.15, 0.2) is 0 Å². The Bertz CT molecular complexity index is 414. The van der Waals surface area contributed by atoms with E-state index in [2.05, 4.69) is 11.4 Å². The highest BCUT2D eigenvalue weighted by Crippen LogP contribution is 2.32. The molecule has 0 amide bonds. The van der Waals surface area contributed by atoms with Crippen LogP contribution in [0.4, 0.5) is 5.69 Å². The first kappa shape index (κ1) is 12.3. The van der Waals surface area contributed by atoms with Crippen LogP contribution in [-0.2, 0) is 0 Å². The summed E-state index contributed by atoms with van der Waals surface area (Å²) in [6.45, 7) is 0. The van der Waals surface area contributed by atoms with Crippen LogP contribution in [0.3, 0.4) is 0 Å². The Morgan fingerprint density at radius 2 is 1.76 bits per heavy atom. The summed E-state index contributed by atoms with van der Waals surface area (Å²) in [5.74, 6) is 0. The number of hydrogen-bond donors (Lipinski definition) is 1. The summed E-state index contributed by atoms with van der Waals surface area (Å²) in [7, 11) is 0. The van der Waals surface area contributed by atoms with Crippen LogP contribution in [0.5, 0.6) is 0 Å². The van der Waals surface area contributed by atoms with Crippen molar-refractivity contribution in [1.82, 2.24) is 0 Å². The van der Waals surface area contributed by atoms with Crippen molar-refractivity contribution in [3.8, 4) is 6.07 Å². The summed E-state index contributed by atoms with van der Waals surface area (Å²) in [5.41, 5.74) is 0.444. The van der Waals surface area contributed by atoms with Crippen molar-refractivity contribution in [3.63, 3.8) is 0 Å². The van der Waals surface area contributed by atoms with Crippen molar-refractivity contribution >= 4 is 17.3 Å². The van der Waals surface area contributed by atoms with Gasteiger partial charge in [-0.3, -0.25) is 0 Å². The summed E-state index contributed by atoms with van der Waals surface area (Å²) in [4.78, 5) is 0. The van der Waals surface area contributed by atoms with Crippen LogP contribution in [0.2, 0.25) is 5.02 Å². The minimum atomic E-state index is -0.429. The maximum atomic E-state index is 9.46. The minimum absolute atomic E-state index is 0.429. The lowest BCUT2D eigenvalue weighted by Crippen LogP contribution is -2.36. The summed E-state index contributed by atoms with van der Waals surface area (Å²) in [6.07, 6.45) is 6.51. The Labute approximate surface area is 108 Å². The maximum absolute atomic E-state index is 9.46. The van der Waals surface area contributed by atoms with Crippen LogP contribution in [0.25, 0.3) is 0 Å². The average Bonchev–Trinajstić information content (AvgIpc) is 2.58. The fourth-order valence-electron chi connectivity index (χ4n) is 2.42. The van der Waals surface area contributed by atoms with Gasteiger partial charge in [-0.2, -0.15) is 5.26 Å². The number of halogens is 1. The molecule has 0 heterocycles. The molecule has 2 rings (SSSR count). The number of nitrogens with zero attached hydrogens (tertiary/aromatic N) is 1. The number of anilines is 1. The topological polar surface area (TPSA) is 35.8 Å². The monoisotopic (exact) mass is 248 g/mol. The third kappa shape index (κ3) is 2.92.